The van der Waals surface area contributed by atoms with Gasteiger partial charge < -0.3 is 4.90 Å². The molecule has 0 bridgehead atoms. The largest absolute Gasteiger partial charge is 0.327 e. The average molecular weight is 237 g/mol. The summed E-state index contributed by atoms with van der Waals surface area (Å²) >= 11 is 1.66. The number of carbonyl (C=O) groups is 2. The lowest BCUT2D eigenvalue weighted by Crippen LogP contribution is -2.29. The Morgan fingerprint density at radius 2 is 2.31 bits per heavy atom. The van der Waals surface area contributed by atoms with Gasteiger partial charge in [-0.3, -0.25) is 9.59 Å². The van der Waals surface area contributed by atoms with Gasteiger partial charge in [0.1, 0.15) is 0 Å². The summed E-state index contributed by atoms with van der Waals surface area (Å²) in [7, 11) is 0. The van der Waals surface area contributed by atoms with Crippen molar-refractivity contribution in [1.82, 2.24) is 4.90 Å². The molecule has 2 heterocycles. The SMILES string of the molecule is CCCC(c1cccs1)N1CC(=O)CC1=O. The summed E-state index contributed by atoms with van der Waals surface area (Å²) < 4.78 is 0. The van der Waals surface area contributed by atoms with Crippen LogP contribution in [0.3, 0.4) is 0 Å². The van der Waals surface area contributed by atoms with Gasteiger partial charge in [0.2, 0.25) is 5.91 Å². The lowest BCUT2D eigenvalue weighted by atomic mass is 10.1. The lowest BCUT2D eigenvalue weighted by molar-refractivity contribution is -0.129. The molecule has 0 aromatic carbocycles. The van der Waals surface area contributed by atoms with Crippen molar-refractivity contribution in [3.05, 3.63) is 22.4 Å². The van der Waals surface area contributed by atoms with E-state index < -0.39 is 0 Å². The van der Waals surface area contributed by atoms with Crippen LogP contribution in [-0.2, 0) is 9.59 Å². The Balaban J connectivity index is 2.20. The van der Waals surface area contributed by atoms with E-state index in [9.17, 15) is 9.59 Å². The smallest absolute Gasteiger partial charge is 0.231 e. The molecule has 3 nitrogen and oxygen atoms in total. The fourth-order valence-electron chi connectivity index (χ4n) is 2.09. The molecule has 0 saturated carbocycles. The maximum atomic E-state index is 11.7. The number of Topliss-reactive ketones (excluding diaryl/α,β-unsaturated/α-hetero) is 1. The number of likely N-dealkylation sites (tertiary alicyclic amines) is 1. The Morgan fingerprint density at radius 3 is 2.81 bits per heavy atom. The van der Waals surface area contributed by atoms with Gasteiger partial charge in [-0.2, -0.15) is 0 Å². The van der Waals surface area contributed by atoms with Crippen molar-refractivity contribution in [3.63, 3.8) is 0 Å². The lowest BCUT2D eigenvalue weighted by Gasteiger charge is -2.25. The fourth-order valence-corrected chi connectivity index (χ4v) is 2.97. The van der Waals surface area contributed by atoms with Crippen molar-refractivity contribution < 1.29 is 9.59 Å². The highest BCUT2D eigenvalue weighted by molar-refractivity contribution is 7.10. The van der Waals surface area contributed by atoms with Crippen LogP contribution in [0.1, 0.15) is 37.1 Å². The van der Waals surface area contributed by atoms with Crippen LogP contribution in [0.25, 0.3) is 0 Å². The maximum Gasteiger partial charge on any atom is 0.231 e. The molecule has 1 amide bonds. The van der Waals surface area contributed by atoms with Crippen molar-refractivity contribution in [2.75, 3.05) is 6.54 Å². The van der Waals surface area contributed by atoms with Gasteiger partial charge in [0, 0.05) is 4.88 Å². The molecule has 1 unspecified atom stereocenters. The van der Waals surface area contributed by atoms with Crippen molar-refractivity contribution in [2.24, 2.45) is 0 Å². The molecule has 0 radical (unpaired) electrons. The average Bonchev–Trinajstić information content (AvgIpc) is 2.85. The summed E-state index contributed by atoms with van der Waals surface area (Å²) in [6.45, 7) is 2.39. The van der Waals surface area contributed by atoms with Crippen molar-refractivity contribution in [1.29, 1.82) is 0 Å². The van der Waals surface area contributed by atoms with Crippen LogP contribution in [0.4, 0.5) is 0 Å². The van der Waals surface area contributed by atoms with Crippen molar-refractivity contribution in [3.8, 4) is 0 Å². The molecule has 0 N–H and O–H groups in total. The number of rotatable bonds is 4. The first-order chi connectivity index (χ1) is 7.72. The predicted octanol–water partition coefficient (Wildman–Crippen LogP) is 2.39. The molecular weight excluding hydrogens is 222 g/mol. The third kappa shape index (κ3) is 2.16. The minimum Gasteiger partial charge on any atom is -0.327 e. The van der Waals surface area contributed by atoms with Gasteiger partial charge in [0.15, 0.2) is 5.78 Å². The third-order valence-corrected chi connectivity index (χ3v) is 3.80. The second-order valence-electron chi connectivity index (χ2n) is 4.06. The molecule has 86 valence electrons. The first-order valence-electron chi connectivity index (χ1n) is 5.57. The van der Waals surface area contributed by atoms with E-state index in [1.807, 2.05) is 17.5 Å². The molecule has 1 fully saturated rings. The second-order valence-corrected chi connectivity index (χ2v) is 5.04. The van der Waals surface area contributed by atoms with E-state index in [0.29, 0.717) is 6.54 Å². The van der Waals surface area contributed by atoms with Crippen LogP contribution in [0.2, 0.25) is 0 Å². The normalized spacial score (nSPS) is 18.2. The molecule has 0 spiro atoms. The Hall–Kier alpha value is -1.16. The molecule has 4 heteroatoms. The highest BCUT2D eigenvalue weighted by atomic mass is 32.1. The molecular formula is C12H15NO2S. The van der Waals surface area contributed by atoms with Gasteiger partial charge in [-0.25, -0.2) is 0 Å². The fraction of sp³-hybridized carbons (Fsp3) is 0.500. The standard InChI is InChI=1S/C12H15NO2S/c1-2-4-10(11-5-3-6-16-11)13-8-9(14)7-12(13)15/h3,5-6,10H,2,4,7-8H2,1H3. The first kappa shape index (κ1) is 11.3. The first-order valence-corrected chi connectivity index (χ1v) is 6.45. The number of amides is 1. The summed E-state index contributed by atoms with van der Waals surface area (Å²) in [5.74, 6) is 0.0273. The zero-order valence-electron chi connectivity index (χ0n) is 9.31. The van der Waals surface area contributed by atoms with Gasteiger partial charge in [0.25, 0.3) is 0 Å². The van der Waals surface area contributed by atoms with Crippen LogP contribution >= 0.6 is 11.3 Å². The summed E-state index contributed by atoms with van der Waals surface area (Å²) in [4.78, 5) is 25.9. The van der Waals surface area contributed by atoms with E-state index in [2.05, 4.69) is 6.92 Å². The van der Waals surface area contributed by atoms with Crippen LogP contribution in [-0.4, -0.2) is 23.1 Å². The number of hydrogen-bond acceptors (Lipinski definition) is 3. The minimum absolute atomic E-state index is 0.0168. The highest BCUT2D eigenvalue weighted by Crippen LogP contribution is 2.31. The van der Waals surface area contributed by atoms with Crippen LogP contribution in [0.15, 0.2) is 17.5 Å². The quantitative estimate of drug-likeness (QED) is 0.754. The molecule has 0 aliphatic carbocycles. The molecule has 16 heavy (non-hydrogen) atoms. The Kier molecular flexibility index (Phi) is 3.39. The van der Waals surface area contributed by atoms with E-state index in [1.165, 1.54) is 4.88 Å². The summed E-state index contributed by atoms with van der Waals surface area (Å²) in [5, 5.41) is 2.01. The van der Waals surface area contributed by atoms with Crippen LogP contribution in [0, 0.1) is 0 Å². The second kappa shape index (κ2) is 4.78. The van der Waals surface area contributed by atoms with Gasteiger partial charge in [-0.05, 0) is 17.9 Å². The van der Waals surface area contributed by atoms with Gasteiger partial charge in [-0.15, -0.1) is 11.3 Å². The molecule has 1 saturated heterocycles. The van der Waals surface area contributed by atoms with Gasteiger partial charge in [0.05, 0.1) is 19.0 Å². The summed E-state index contributed by atoms with van der Waals surface area (Å²) in [5.41, 5.74) is 0. The van der Waals surface area contributed by atoms with Crippen LogP contribution < -0.4 is 0 Å². The zero-order valence-corrected chi connectivity index (χ0v) is 10.1. The van der Waals surface area contributed by atoms with Crippen molar-refractivity contribution >= 4 is 23.0 Å². The predicted molar refractivity (Wildman–Crippen MR) is 63.3 cm³/mol. The Labute approximate surface area is 99.1 Å². The highest BCUT2D eigenvalue weighted by Gasteiger charge is 2.33. The van der Waals surface area contributed by atoms with E-state index >= 15 is 0 Å². The molecule has 1 aromatic heterocycles. The van der Waals surface area contributed by atoms with Gasteiger partial charge in [-0.1, -0.05) is 19.4 Å². The van der Waals surface area contributed by atoms with Crippen LogP contribution in [0.5, 0.6) is 0 Å². The number of hydrogen-bond donors (Lipinski definition) is 0. The zero-order chi connectivity index (χ0) is 11.5. The van der Waals surface area contributed by atoms with Crippen molar-refractivity contribution in [2.45, 2.75) is 32.2 Å². The van der Waals surface area contributed by atoms with E-state index in [0.717, 1.165) is 12.8 Å². The monoisotopic (exact) mass is 237 g/mol. The maximum absolute atomic E-state index is 11.7. The molecule has 1 aliphatic heterocycles. The Bertz CT molecular complexity index is 386. The summed E-state index contributed by atoms with van der Waals surface area (Å²) in [6, 6.07) is 4.13. The number of ketones is 1. The van der Waals surface area contributed by atoms with E-state index in [-0.39, 0.29) is 24.2 Å². The third-order valence-electron chi connectivity index (χ3n) is 2.83. The number of carbonyl (C=O) groups excluding carboxylic acids is 2. The Morgan fingerprint density at radius 1 is 1.50 bits per heavy atom. The van der Waals surface area contributed by atoms with E-state index in [1.54, 1.807) is 16.2 Å². The van der Waals surface area contributed by atoms with E-state index in [4.69, 9.17) is 0 Å². The topological polar surface area (TPSA) is 37.4 Å². The number of thiophene rings is 1. The molecule has 1 atom stereocenters. The summed E-state index contributed by atoms with van der Waals surface area (Å²) in [6.07, 6.45) is 2.03. The molecule has 1 aromatic rings. The number of nitrogens with zero attached hydrogens (tertiary/aromatic N) is 1. The molecule has 2 rings (SSSR count). The minimum atomic E-state index is -0.0168. The molecule has 1 aliphatic rings. The van der Waals surface area contributed by atoms with Gasteiger partial charge >= 0.3 is 0 Å².